The maximum Gasteiger partial charge on any atom is 0.161 e. The first-order chi connectivity index (χ1) is 12.3. The molecule has 6 nitrogen and oxygen atoms in total. The zero-order chi connectivity index (χ0) is 17.5. The van der Waals surface area contributed by atoms with Crippen LogP contribution in [0.5, 0.6) is 11.5 Å². The molecule has 138 valence electrons. The van der Waals surface area contributed by atoms with Crippen molar-refractivity contribution in [2.24, 2.45) is 0 Å². The van der Waals surface area contributed by atoms with E-state index in [1.54, 1.807) is 20.5 Å². The highest BCUT2D eigenvalue weighted by molar-refractivity contribution is 5.42. The van der Waals surface area contributed by atoms with Crippen LogP contribution in [-0.4, -0.2) is 58.1 Å². The van der Waals surface area contributed by atoms with Crippen LogP contribution in [0.15, 0.2) is 30.2 Å². The van der Waals surface area contributed by atoms with Gasteiger partial charge in [-0.25, -0.2) is 0 Å². The fourth-order valence-electron chi connectivity index (χ4n) is 3.21. The Morgan fingerprint density at radius 3 is 2.64 bits per heavy atom. The van der Waals surface area contributed by atoms with Gasteiger partial charge in [-0.05, 0) is 30.5 Å². The minimum atomic E-state index is 0.283. The molecule has 3 rings (SSSR count). The molecule has 0 amide bonds. The summed E-state index contributed by atoms with van der Waals surface area (Å²) in [6.45, 7) is 4.43. The minimum Gasteiger partial charge on any atom is -0.494 e. The largest absolute Gasteiger partial charge is 0.494 e. The van der Waals surface area contributed by atoms with Crippen LogP contribution in [0.25, 0.3) is 0 Å². The Labute approximate surface area is 149 Å². The Kier molecular flexibility index (Phi) is 6.42. The van der Waals surface area contributed by atoms with Crippen molar-refractivity contribution < 1.29 is 23.7 Å². The molecule has 2 aliphatic rings. The molecular formula is C19H27NO5. The molecule has 1 fully saturated rings. The van der Waals surface area contributed by atoms with Crippen molar-refractivity contribution in [3.05, 3.63) is 35.8 Å². The molecule has 1 aromatic rings. The Morgan fingerprint density at radius 2 is 1.96 bits per heavy atom. The van der Waals surface area contributed by atoms with Gasteiger partial charge in [-0.1, -0.05) is 6.07 Å². The third-order valence-corrected chi connectivity index (χ3v) is 4.42. The Bertz CT molecular complexity index is 583. The lowest BCUT2D eigenvalue weighted by atomic mass is 10.1. The molecule has 2 heterocycles. The number of hydrogen-bond donors (Lipinski definition) is 0. The average molecular weight is 349 g/mol. The predicted octanol–water partition coefficient (Wildman–Crippen LogP) is 2.57. The first kappa shape index (κ1) is 17.9. The minimum absolute atomic E-state index is 0.283. The van der Waals surface area contributed by atoms with Crippen LogP contribution in [0, 0.1) is 0 Å². The summed E-state index contributed by atoms with van der Waals surface area (Å²) in [4.78, 5) is 2.33. The molecule has 1 aromatic carbocycles. The summed E-state index contributed by atoms with van der Waals surface area (Å²) in [5.41, 5.74) is 1.16. The molecule has 0 bridgehead atoms. The van der Waals surface area contributed by atoms with Gasteiger partial charge in [-0.15, -0.1) is 0 Å². The Balaban J connectivity index is 1.70. The quantitative estimate of drug-likeness (QED) is 0.719. The monoisotopic (exact) mass is 349 g/mol. The van der Waals surface area contributed by atoms with Gasteiger partial charge in [-0.2, -0.15) is 0 Å². The SMILES string of the molecule is COc1ccc(CN(CC2=COCCO2)CC2CCCO2)cc1OC. The molecule has 0 radical (unpaired) electrons. The third-order valence-electron chi connectivity index (χ3n) is 4.42. The van der Waals surface area contributed by atoms with Crippen LogP contribution >= 0.6 is 0 Å². The van der Waals surface area contributed by atoms with E-state index in [-0.39, 0.29) is 6.10 Å². The zero-order valence-corrected chi connectivity index (χ0v) is 15.0. The van der Waals surface area contributed by atoms with Gasteiger partial charge >= 0.3 is 0 Å². The topological polar surface area (TPSA) is 49.4 Å². The summed E-state index contributed by atoms with van der Waals surface area (Å²) in [6.07, 6.45) is 4.25. The first-order valence-electron chi connectivity index (χ1n) is 8.77. The first-order valence-corrected chi connectivity index (χ1v) is 8.77. The molecule has 1 atom stereocenters. The maximum absolute atomic E-state index is 5.81. The zero-order valence-electron chi connectivity index (χ0n) is 15.0. The summed E-state index contributed by atoms with van der Waals surface area (Å²) in [6, 6.07) is 6.03. The second kappa shape index (κ2) is 8.97. The van der Waals surface area contributed by atoms with E-state index >= 15 is 0 Å². The van der Waals surface area contributed by atoms with Gasteiger partial charge in [0.15, 0.2) is 11.5 Å². The molecule has 0 spiro atoms. The van der Waals surface area contributed by atoms with E-state index in [0.29, 0.717) is 19.8 Å². The maximum atomic E-state index is 5.81. The summed E-state index contributed by atoms with van der Waals surface area (Å²) >= 11 is 0. The standard InChI is InChI=1S/C19H27NO5/c1-21-18-6-5-15(10-19(18)22-2)11-20(12-16-4-3-7-24-16)13-17-14-23-8-9-25-17/h5-6,10,14,16H,3-4,7-9,11-13H2,1-2H3. The molecular weight excluding hydrogens is 322 g/mol. The van der Waals surface area contributed by atoms with Gasteiger partial charge in [0.2, 0.25) is 0 Å². The molecule has 25 heavy (non-hydrogen) atoms. The van der Waals surface area contributed by atoms with E-state index in [2.05, 4.69) is 11.0 Å². The van der Waals surface area contributed by atoms with Crippen molar-refractivity contribution in [3.8, 4) is 11.5 Å². The number of methoxy groups -OCH3 is 2. The van der Waals surface area contributed by atoms with Crippen molar-refractivity contribution in [1.29, 1.82) is 0 Å². The van der Waals surface area contributed by atoms with Crippen LogP contribution in [0.4, 0.5) is 0 Å². The number of hydrogen-bond acceptors (Lipinski definition) is 6. The van der Waals surface area contributed by atoms with Gasteiger partial charge < -0.3 is 23.7 Å². The molecule has 0 aliphatic carbocycles. The highest BCUT2D eigenvalue weighted by Gasteiger charge is 2.21. The lowest BCUT2D eigenvalue weighted by molar-refractivity contribution is 0.0465. The van der Waals surface area contributed by atoms with E-state index in [1.165, 1.54) is 0 Å². The van der Waals surface area contributed by atoms with Crippen molar-refractivity contribution in [2.75, 3.05) is 47.1 Å². The summed E-state index contributed by atoms with van der Waals surface area (Å²) in [5, 5.41) is 0. The van der Waals surface area contributed by atoms with Gasteiger partial charge in [-0.3, -0.25) is 4.90 Å². The van der Waals surface area contributed by atoms with Crippen molar-refractivity contribution in [3.63, 3.8) is 0 Å². The number of nitrogens with zero attached hydrogens (tertiary/aromatic N) is 1. The van der Waals surface area contributed by atoms with Gasteiger partial charge in [0.1, 0.15) is 25.2 Å². The second-order valence-electron chi connectivity index (χ2n) is 6.30. The normalized spacial score (nSPS) is 20.0. The average Bonchev–Trinajstić information content (AvgIpc) is 3.15. The fourth-order valence-corrected chi connectivity index (χ4v) is 3.21. The van der Waals surface area contributed by atoms with Gasteiger partial charge in [0.25, 0.3) is 0 Å². The Morgan fingerprint density at radius 1 is 1.08 bits per heavy atom. The van der Waals surface area contributed by atoms with Crippen LogP contribution in [0.3, 0.4) is 0 Å². The smallest absolute Gasteiger partial charge is 0.161 e. The molecule has 1 unspecified atom stereocenters. The van der Waals surface area contributed by atoms with Crippen molar-refractivity contribution in [1.82, 2.24) is 4.90 Å². The van der Waals surface area contributed by atoms with Gasteiger partial charge in [0.05, 0.1) is 26.9 Å². The van der Waals surface area contributed by atoms with E-state index < -0.39 is 0 Å². The molecule has 6 heteroatoms. The van der Waals surface area contributed by atoms with Crippen LogP contribution in [0.2, 0.25) is 0 Å². The molecule has 2 aliphatic heterocycles. The summed E-state index contributed by atoms with van der Waals surface area (Å²) in [7, 11) is 3.30. The van der Waals surface area contributed by atoms with E-state index in [4.69, 9.17) is 23.7 Å². The number of benzene rings is 1. The lowest BCUT2D eigenvalue weighted by Crippen LogP contribution is -2.34. The van der Waals surface area contributed by atoms with Crippen molar-refractivity contribution in [2.45, 2.75) is 25.5 Å². The number of ether oxygens (including phenoxy) is 5. The van der Waals surface area contributed by atoms with Crippen molar-refractivity contribution >= 4 is 0 Å². The van der Waals surface area contributed by atoms with E-state index in [1.807, 2.05) is 12.1 Å². The summed E-state index contributed by atoms with van der Waals surface area (Å²) in [5.74, 6) is 2.35. The van der Waals surface area contributed by atoms with Crippen LogP contribution in [0.1, 0.15) is 18.4 Å². The van der Waals surface area contributed by atoms with Crippen LogP contribution < -0.4 is 9.47 Å². The van der Waals surface area contributed by atoms with E-state index in [9.17, 15) is 0 Å². The van der Waals surface area contributed by atoms with Gasteiger partial charge in [0, 0.05) is 19.7 Å². The second-order valence-corrected chi connectivity index (χ2v) is 6.30. The summed E-state index contributed by atoms with van der Waals surface area (Å²) < 4.78 is 27.6. The fraction of sp³-hybridized carbons (Fsp3) is 0.579. The third kappa shape index (κ3) is 5.03. The molecule has 0 N–H and O–H groups in total. The molecule has 0 saturated carbocycles. The highest BCUT2D eigenvalue weighted by atomic mass is 16.6. The predicted molar refractivity (Wildman–Crippen MR) is 93.8 cm³/mol. The highest BCUT2D eigenvalue weighted by Crippen LogP contribution is 2.28. The molecule has 1 saturated heterocycles. The lowest BCUT2D eigenvalue weighted by Gasteiger charge is -2.27. The Hall–Kier alpha value is -1.92. The number of rotatable bonds is 8. The van der Waals surface area contributed by atoms with Crippen LogP contribution in [-0.2, 0) is 20.8 Å². The molecule has 0 aromatic heterocycles. The van der Waals surface area contributed by atoms with E-state index in [0.717, 1.165) is 55.4 Å².